The van der Waals surface area contributed by atoms with E-state index in [4.69, 9.17) is 4.74 Å². The molecule has 2 amide bonds. The average molecular weight is 241 g/mol. The molecule has 0 radical (unpaired) electrons. The van der Waals surface area contributed by atoms with Gasteiger partial charge in [-0.3, -0.25) is 14.9 Å². The number of anilines is 1. The Hall–Kier alpha value is -2.12. The Balaban J connectivity index is 2.52. The lowest BCUT2D eigenvalue weighted by Crippen LogP contribution is -2.40. The second-order valence-corrected chi connectivity index (χ2v) is 3.31. The summed E-state index contributed by atoms with van der Waals surface area (Å²) in [6, 6.07) is -0.483. The number of aromatic nitrogens is 3. The van der Waals surface area contributed by atoms with Crippen molar-refractivity contribution in [1.29, 1.82) is 0 Å². The number of nitrogens with one attached hydrogen (secondary N) is 3. The number of hydrogen-bond acceptors (Lipinski definition) is 5. The molecule has 1 aromatic heterocycles. The zero-order valence-corrected chi connectivity index (χ0v) is 9.90. The zero-order valence-electron chi connectivity index (χ0n) is 9.90. The molecule has 1 aromatic rings. The van der Waals surface area contributed by atoms with Gasteiger partial charge in [-0.15, -0.1) is 5.10 Å². The van der Waals surface area contributed by atoms with Gasteiger partial charge in [-0.25, -0.2) is 5.10 Å². The molecule has 0 aliphatic rings. The molecule has 1 heterocycles. The summed E-state index contributed by atoms with van der Waals surface area (Å²) in [5, 5.41) is 11.1. The van der Waals surface area contributed by atoms with Crippen molar-refractivity contribution in [2.24, 2.45) is 0 Å². The maximum atomic E-state index is 11.6. The van der Waals surface area contributed by atoms with Crippen LogP contribution in [0.2, 0.25) is 0 Å². The van der Waals surface area contributed by atoms with Gasteiger partial charge in [0.05, 0.1) is 6.61 Å². The topological polar surface area (TPSA) is 109 Å². The van der Waals surface area contributed by atoms with Crippen molar-refractivity contribution >= 4 is 17.8 Å². The van der Waals surface area contributed by atoms with Crippen LogP contribution in [0.5, 0.6) is 6.01 Å². The Bertz CT molecular complexity index is 403. The van der Waals surface area contributed by atoms with E-state index in [-0.39, 0.29) is 23.8 Å². The molecule has 0 aliphatic carbocycles. The quantitative estimate of drug-likeness (QED) is 0.653. The van der Waals surface area contributed by atoms with Crippen LogP contribution in [0.15, 0.2) is 0 Å². The van der Waals surface area contributed by atoms with Gasteiger partial charge in [0.2, 0.25) is 17.8 Å². The lowest BCUT2D eigenvalue weighted by molar-refractivity contribution is -0.124. The van der Waals surface area contributed by atoms with Gasteiger partial charge in [0.25, 0.3) is 0 Å². The fourth-order valence-electron chi connectivity index (χ4n) is 1.09. The predicted octanol–water partition coefficient (Wildman–Crippen LogP) is -0.334. The van der Waals surface area contributed by atoms with E-state index >= 15 is 0 Å². The van der Waals surface area contributed by atoms with Crippen LogP contribution in [0.25, 0.3) is 0 Å². The first-order valence-electron chi connectivity index (χ1n) is 5.16. The minimum Gasteiger partial charge on any atom is -0.463 e. The number of hydrogen-bond donors (Lipinski definition) is 3. The summed E-state index contributed by atoms with van der Waals surface area (Å²) in [7, 11) is 0. The monoisotopic (exact) mass is 241 g/mol. The van der Waals surface area contributed by atoms with E-state index in [0.717, 1.165) is 0 Å². The van der Waals surface area contributed by atoms with Crippen molar-refractivity contribution in [1.82, 2.24) is 20.5 Å². The predicted molar refractivity (Wildman–Crippen MR) is 59.5 cm³/mol. The molecule has 8 nitrogen and oxygen atoms in total. The van der Waals surface area contributed by atoms with E-state index in [2.05, 4.69) is 25.8 Å². The van der Waals surface area contributed by atoms with Crippen LogP contribution in [0.4, 0.5) is 5.95 Å². The van der Waals surface area contributed by atoms with E-state index in [0.29, 0.717) is 6.61 Å². The number of H-pyrrole nitrogens is 1. The number of ether oxygens (including phenoxy) is 1. The largest absolute Gasteiger partial charge is 0.463 e. The van der Waals surface area contributed by atoms with E-state index in [1.54, 1.807) is 13.8 Å². The van der Waals surface area contributed by atoms with E-state index in [1.807, 2.05) is 0 Å². The molecule has 0 aromatic carbocycles. The van der Waals surface area contributed by atoms with Crippen molar-refractivity contribution in [3.05, 3.63) is 0 Å². The summed E-state index contributed by atoms with van der Waals surface area (Å²) in [5.41, 5.74) is 0. The average Bonchev–Trinajstić information content (AvgIpc) is 2.65. The SMILES string of the molecule is CCOc1n[nH]c(NC(=O)C(C)NC(C)=O)n1. The molecule has 0 saturated heterocycles. The number of carbonyl (C=O) groups excluding carboxylic acids is 2. The minimum atomic E-state index is -0.645. The first kappa shape index (κ1) is 12.9. The maximum absolute atomic E-state index is 11.6. The summed E-state index contributed by atoms with van der Waals surface area (Å²) in [6.45, 7) is 5.14. The number of nitrogens with zero attached hydrogens (tertiary/aromatic N) is 2. The first-order chi connectivity index (χ1) is 8.02. The van der Waals surface area contributed by atoms with Crippen LogP contribution < -0.4 is 15.4 Å². The van der Waals surface area contributed by atoms with E-state index < -0.39 is 6.04 Å². The molecule has 1 rings (SSSR count). The molecule has 3 N–H and O–H groups in total. The normalized spacial score (nSPS) is 11.7. The van der Waals surface area contributed by atoms with E-state index in [9.17, 15) is 9.59 Å². The zero-order chi connectivity index (χ0) is 12.8. The molecular formula is C9H15N5O3. The molecular weight excluding hydrogens is 226 g/mol. The molecule has 1 atom stereocenters. The van der Waals surface area contributed by atoms with Gasteiger partial charge in [-0.2, -0.15) is 4.98 Å². The Morgan fingerprint density at radius 2 is 2.24 bits per heavy atom. The van der Waals surface area contributed by atoms with Crippen LogP contribution in [0.3, 0.4) is 0 Å². The lowest BCUT2D eigenvalue weighted by Gasteiger charge is -2.10. The summed E-state index contributed by atoms with van der Waals surface area (Å²) < 4.78 is 5.02. The van der Waals surface area contributed by atoms with Gasteiger partial charge in [0, 0.05) is 6.92 Å². The highest BCUT2D eigenvalue weighted by atomic mass is 16.5. The van der Waals surface area contributed by atoms with Gasteiger partial charge in [0.15, 0.2) is 0 Å². The van der Waals surface area contributed by atoms with Gasteiger partial charge in [-0.05, 0) is 13.8 Å². The van der Waals surface area contributed by atoms with Gasteiger partial charge in [0.1, 0.15) is 6.04 Å². The Labute approximate surface area is 98.1 Å². The number of carbonyl (C=O) groups is 2. The fourth-order valence-corrected chi connectivity index (χ4v) is 1.09. The Morgan fingerprint density at radius 1 is 1.53 bits per heavy atom. The van der Waals surface area contributed by atoms with Crippen LogP contribution in [-0.2, 0) is 9.59 Å². The van der Waals surface area contributed by atoms with Crippen molar-refractivity contribution < 1.29 is 14.3 Å². The van der Waals surface area contributed by atoms with Crippen LogP contribution in [0, 0.1) is 0 Å². The van der Waals surface area contributed by atoms with Crippen molar-refractivity contribution in [3.8, 4) is 6.01 Å². The van der Waals surface area contributed by atoms with Crippen LogP contribution in [0.1, 0.15) is 20.8 Å². The van der Waals surface area contributed by atoms with Crippen molar-refractivity contribution in [2.45, 2.75) is 26.8 Å². The van der Waals surface area contributed by atoms with Crippen LogP contribution in [-0.4, -0.2) is 39.6 Å². The third-order valence-corrected chi connectivity index (χ3v) is 1.79. The van der Waals surface area contributed by atoms with Crippen molar-refractivity contribution in [3.63, 3.8) is 0 Å². The fraction of sp³-hybridized carbons (Fsp3) is 0.556. The molecule has 0 bridgehead atoms. The van der Waals surface area contributed by atoms with E-state index in [1.165, 1.54) is 6.92 Å². The summed E-state index contributed by atoms with van der Waals surface area (Å²) in [4.78, 5) is 26.2. The molecule has 0 aliphatic heterocycles. The summed E-state index contributed by atoms with van der Waals surface area (Å²) in [6.07, 6.45) is 0. The molecule has 94 valence electrons. The molecule has 17 heavy (non-hydrogen) atoms. The lowest BCUT2D eigenvalue weighted by atomic mass is 10.3. The Morgan fingerprint density at radius 3 is 2.82 bits per heavy atom. The molecule has 1 unspecified atom stereocenters. The third-order valence-electron chi connectivity index (χ3n) is 1.79. The number of amides is 2. The maximum Gasteiger partial charge on any atom is 0.337 e. The second kappa shape index (κ2) is 5.83. The molecule has 0 fully saturated rings. The van der Waals surface area contributed by atoms with Gasteiger partial charge < -0.3 is 10.1 Å². The summed E-state index contributed by atoms with van der Waals surface area (Å²) >= 11 is 0. The molecule has 8 heteroatoms. The standard InChI is InChI=1S/C9H15N5O3/c1-4-17-9-12-8(13-14-9)11-7(16)5(2)10-6(3)15/h5H,4H2,1-3H3,(H,10,15)(H2,11,12,13,14,16). The van der Waals surface area contributed by atoms with Gasteiger partial charge in [-0.1, -0.05) is 0 Å². The highest BCUT2D eigenvalue weighted by Crippen LogP contribution is 2.05. The minimum absolute atomic E-state index is 0.162. The van der Waals surface area contributed by atoms with Gasteiger partial charge >= 0.3 is 6.01 Å². The third kappa shape index (κ3) is 4.09. The Kier molecular flexibility index (Phi) is 4.44. The summed E-state index contributed by atoms with van der Waals surface area (Å²) in [5.74, 6) is -0.490. The van der Waals surface area contributed by atoms with Crippen molar-refractivity contribution in [2.75, 3.05) is 11.9 Å². The first-order valence-corrected chi connectivity index (χ1v) is 5.16. The highest BCUT2D eigenvalue weighted by molar-refractivity contribution is 5.95. The molecule has 0 spiro atoms. The van der Waals surface area contributed by atoms with Crippen LogP contribution >= 0.6 is 0 Å². The number of aromatic amines is 1. The smallest absolute Gasteiger partial charge is 0.337 e. The molecule has 0 saturated carbocycles. The second-order valence-electron chi connectivity index (χ2n) is 3.31. The highest BCUT2D eigenvalue weighted by Gasteiger charge is 2.15. The number of rotatable bonds is 5.